The van der Waals surface area contributed by atoms with Gasteiger partial charge in [-0.05, 0) is 30.7 Å². The topological polar surface area (TPSA) is 23.3 Å². The Hall–Kier alpha value is -0.860. The van der Waals surface area contributed by atoms with E-state index in [4.69, 9.17) is 10.1 Å². The minimum absolute atomic E-state index is 0.543. The summed E-state index contributed by atoms with van der Waals surface area (Å²) in [5.41, 5.74) is 1.48. The first-order valence-electron chi connectivity index (χ1n) is 6.74. The van der Waals surface area contributed by atoms with E-state index in [1.54, 1.807) is 0 Å². The third-order valence-electron chi connectivity index (χ3n) is 4.17. The molecule has 2 aliphatic heterocycles. The molecular formula is C15H20NO. The highest BCUT2D eigenvalue weighted by atomic mass is 16.5. The molecule has 2 heteroatoms. The Morgan fingerprint density at radius 2 is 1.76 bits per heavy atom. The molecule has 2 aliphatic rings. The van der Waals surface area contributed by atoms with Crippen LogP contribution in [0.3, 0.4) is 0 Å². The number of hydrogen-bond donors (Lipinski definition) is 0. The summed E-state index contributed by atoms with van der Waals surface area (Å²) in [5, 5.41) is 4.86. The lowest BCUT2D eigenvalue weighted by atomic mass is 9.81. The molecule has 1 radical (unpaired) electrons. The molecule has 2 atom stereocenters. The Morgan fingerprint density at radius 1 is 1.00 bits per heavy atom. The van der Waals surface area contributed by atoms with Crippen molar-refractivity contribution < 1.29 is 4.74 Å². The average molecular weight is 230 g/mol. The number of hydrogen-bond acceptors (Lipinski definition) is 1. The minimum Gasteiger partial charge on any atom is -0.381 e. The van der Waals surface area contributed by atoms with Crippen molar-refractivity contribution in [2.45, 2.75) is 31.2 Å². The molecule has 0 amide bonds. The lowest BCUT2D eigenvalue weighted by molar-refractivity contribution is 0.0537. The lowest BCUT2D eigenvalue weighted by Crippen LogP contribution is -2.34. The monoisotopic (exact) mass is 230 g/mol. The Morgan fingerprint density at radius 3 is 2.53 bits per heavy atom. The molecule has 0 saturated carbocycles. The van der Waals surface area contributed by atoms with Gasteiger partial charge in [-0.3, -0.25) is 0 Å². The molecule has 0 aliphatic carbocycles. The van der Waals surface area contributed by atoms with Crippen LogP contribution in [0.2, 0.25) is 0 Å². The van der Waals surface area contributed by atoms with Crippen molar-refractivity contribution in [3.05, 3.63) is 35.9 Å². The quantitative estimate of drug-likeness (QED) is 0.766. The molecule has 2 saturated heterocycles. The van der Waals surface area contributed by atoms with Gasteiger partial charge in [0, 0.05) is 31.7 Å². The van der Waals surface area contributed by atoms with Gasteiger partial charge in [-0.2, -0.15) is 0 Å². The second-order valence-corrected chi connectivity index (χ2v) is 5.15. The van der Waals surface area contributed by atoms with Crippen LogP contribution in [0.15, 0.2) is 30.3 Å². The maximum atomic E-state index is 5.46. The standard InChI is InChI=1S/C15H20NO/c1-2-4-12(5-3-1)14-6-9-16-15(14)13-7-10-17-11-8-13/h1-5,13-15H,6-11H2/t14-,15?/m1/s1. The van der Waals surface area contributed by atoms with Crippen molar-refractivity contribution in [2.24, 2.45) is 5.92 Å². The van der Waals surface area contributed by atoms with Gasteiger partial charge in [0.1, 0.15) is 0 Å². The van der Waals surface area contributed by atoms with Gasteiger partial charge in [0.25, 0.3) is 0 Å². The molecule has 2 heterocycles. The van der Waals surface area contributed by atoms with Gasteiger partial charge in [-0.25, -0.2) is 5.32 Å². The highest BCUT2D eigenvalue weighted by molar-refractivity contribution is 5.23. The fourth-order valence-electron chi connectivity index (χ4n) is 3.26. The van der Waals surface area contributed by atoms with Gasteiger partial charge in [-0.1, -0.05) is 30.3 Å². The van der Waals surface area contributed by atoms with Gasteiger partial charge in [0.2, 0.25) is 0 Å². The molecule has 3 rings (SSSR count). The van der Waals surface area contributed by atoms with Crippen LogP contribution in [0, 0.1) is 5.92 Å². The van der Waals surface area contributed by atoms with Crippen molar-refractivity contribution in [1.29, 1.82) is 0 Å². The Kier molecular flexibility index (Phi) is 3.44. The highest BCUT2D eigenvalue weighted by Crippen LogP contribution is 2.36. The van der Waals surface area contributed by atoms with Gasteiger partial charge in [-0.15, -0.1) is 0 Å². The molecule has 17 heavy (non-hydrogen) atoms. The summed E-state index contributed by atoms with van der Waals surface area (Å²) in [6, 6.07) is 11.5. The molecule has 0 spiro atoms. The van der Waals surface area contributed by atoms with Crippen LogP contribution in [0.25, 0.3) is 0 Å². The molecule has 1 unspecified atom stereocenters. The predicted octanol–water partition coefficient (Wildman–Crippen LogP) is 2.57. The SMILES string of the molecule is c1ccc([C@H]2CC[N]C2C2CCOCC2)cc1. The smallest absolute Gasteiger partial charge is 0.0469 e. The minimum atomic E-state index is 0.543. The van der Waals surface area contributed by atoms with Gasteiger partial charge in [0.05, 0.1) is 0 Å². The third-order valence-corrected chi connectivity index (χ3v) is 4.17. The normalized spacial score (nSPS) is 30.6. The summed E-state index contributed by atoms with van der Waals surface area (Å²) in [5.74, 6) is 1.40. The molecule has 2 fully saturated rings. The van der Waals surface area contributed by atoms with Gasteiger partial charge < -0.3 is 4.74 Å². The Labute approximate surface area is 103 Å². The van der Waals surface area contributed by atoms with Crippen LogP contribution < -0.4 is 5.32 Å². The van der Waals surface area contributed by atoms with Gasteiger partial charge in [0.15, 0.2) is 0 Å². The lowest BCUT2D eigenvalue weighted by Gasteiger charge is -2.31. The van der Waals surface area contributed by atoms with E-state index in [2.05, 4.69) is 30.3 Å². The molecule has 0 bridgehead atoms. The average Bonchev–Trinajstić information content (AvgIpc) is 2.90. The number of rotatable bonds is 2. The zero-order valence-electron chi connectivity index (χ0n) is 10.2. The maximum absolute atomic E-state index is 5.46. The van der Waals surface area contributed by atoms with E-state index >= 15 is 0 Å². The largest absolute Gasteiger partial charge is 0.381 e. The van der Waals surface area contributed by atoms with Crippen LogP contribution in [0.4, 0.5) is 0 Å². The highest BCUT2D eigenvalue weighted by Gasteiger charge is 2.35. The van der Waals surface area contributed by atoms with Gasteiger partial charge >= 0.3 is 0 Å². The van der Waals surface area contributed by atoms with Crippen molar-refractivity contribution in [2.75, 3.05) is 19.8 Å². The van der Waals surface area contributed by atoms with E-state index in [1.165, 1.54) is 24.8 Å². The predicted molar refractivity (Wildman–Crippen MR) is 68.1 cm³/mol. The molecule has 91 valence electrons. The van der Waals surface area contributed by atoms with E-state index in [0.29, 0.717) is 12.0 Å². The van der Waals surface area contributed by atoms with Crippen molar-refractivity contribution in [3.8, 4) is 0 Å². The maximum Gasteiger partial charge on any atom is 0.0469 e. The number of nitrogens with zero attached hydrogens (tertiary/aromatic N) is 1. The van der Waals surface area contributed by atoms with E-state index < -0.39 is 0 Å². The molecular weight excluding hydrogens is 210 g/mol. The second kappa shape index (κ2) is 5.19. The summed E-state index contributed by atoms with van der Waals surface area (Å²) in [6.45, 7) is 2.90. The summed E-state index contributed by atoms with van der Waals surface area (Å²) in [6.07, 6.45) is 3.61. The summed E-state index contributed by atoms with van der Waals surface area (Å²) in [4.78, 5) is 0. The van der Waals surface area contributed by atoms with E-state index in [0.717, 1.165) is 25.7 Å². The second-order valence-electron chi connectivity index (χ2n) is 5.15. The van der Waals surface area contributed by atoms with Crippen molar-refractivity contribution in [3.63, 3.8) is 0 Å². The molecule has 0 N–H and O–H groups in total. The number of benzene rings is 1. The molecule has 0 aromatic heterocycles. The third kappa shape index (κ3) is 2.38. The van der Waals surface area contributed by atoms with E-state index in [-0.39, 0.29) is 0 Å². The first-order chi connectivity index (χ1) is 8.45. The van der Waals surface area contributed by atoms with Crippen molar-refractivity contribution in [1.82, 2.24) is 5.32 Å². The molecule has 1 aromatic carbocycles. The van der Waals surface area contributed by atoms with Crippen LogP contribution in [-0.2, 0) is 4.74 Å². The Bertz CT molecular complexity index is 345. The molecule has 2 nitrogen and oxygen atoms in total. The first-order valence-corrected chi connectivity index (χ1v) is 6.74. The fraction of sp³-hybridized carbons (Fsp3) is 0.600. The summed E-state index contributed by atoms with van der Waals surface area (Å²) < 4.78 is 5.46. The van der Waals surface area contributed by atoms with E-state index in [9.17, 15) is 0 Å². The summed E-state index contributed by atoms with van der Waals surface area (Å²) in [7, 11) is 0. The van der Waals surface area contributed by atoms with Crippen LogP contribution in [0.5, 0.6) is 0 Å². The number of ether oxygens (including phenoxy) is 1. The Balaban J connectivity index is 1.75. The first kappa shape index (κ1) is 11.2. The zero-order chi connectivity index (χ0) is 11.5. The van der Waals surface area contributed by atoms with Crippen LogP contribution in [-0.4, -0.2) is 25.8 Å². The van der Waals surface area contributed by atoms with E-state index in [1.807, 2.05) is 0 Å². The van der Waals surface area contributed by atoms with Crippen molar-refractivity contribution >= 4 is 0 Å². The van der Waals surface area contributed by atoms with Crippen LogP contribution in [0.1, 0.15) is 30.7 Å². The zero-order valence-corrected chi connectivity index (χ0v) is 10.2. The molecule has 1 aromatic rings. The van der Waals surface area contributed by atoms with Crippen LogP contribution >= 0.6 is 0 Å². The summed E-state index contributed by atoms with van der Waals surface area (Å²) >= 11 is 0. The fourth-order valence-corrected chi connectivity index (χ4v) is 3.26.